The third-order valence-corrected chi connectivity index (χ3v) is 4.31. The lowest BCUT2D eigenvalue weighted by Crippen LogP contribution is -2.27. The molecule has 0 saturated carbocycles. The van der Waals surface area contributed by atoms with Gasteiger partial charge in [-0.3, -0.25) is 4.79 Å². The maximum Gasteiger partial charge on any atom is 0.387 e. The van der Waals surface area contributed by atoms with Gasteiger partial charge >= 0.3 is 6.61 Å². The van der Waals surface area contributed by atoms with E-state index in [-0.39, 0.29) is 30.4 Å². The van der Waals surface area contributed by atoms with Crippen LogP contribution < -0.4 is 14.8 Å². The predicted molar refractivity (Wildman–Crippen MR) is 76.2 cm³/mol. The molecule has 1 amide bonds. The van der Waals surface area contributed by atoms with Crippen molar-refractivity contribution in [2.75, 3.05) is 17.2 Å². The fourth-order valence-corrected chi connectivity index (χ4v) is 3.33. The highest BCUT2D eigenvalue weighted by atomic mass is 32.2. The number of nitrogens with two attached hydrogens (primary N) is 1. The Labute approximate surface area is 126 Å². The van der Waals surface area contributed by atoms with Crippen LogP contribution in [0.4, 0.5) is 14.5 Å². The van der Waals surface area contributed by atoms with Crippen molar-refractivity contribution < 1.29 is 26.7 Å². The van der Waals surface area contributed by atoms with Gasteiger partial charge in [-0.1, -0.05) is 6.07 Å². The monoisotopic (exact) mass is 334 g/mol. The summed E-state index contributed by atoms with van der Waals surface area (Å²) in [7, 11) is -3.67. The van der Waals surface area contributed by atoms with Crippen molar-refractivity contribution in [3.05, 3.63) is 23.8 Å². The number of amides is 1. The maximum absolute atomic E-state index is 12.4. The van der Waals surface area contributed by atoms with Gasteiger partial charge in [0, 0.05) is 30.6 Å². The summed E-state index contributed by atoms with van der Waals surface area (Å²) >= 11 is 0. The summed E-state index contributed by atoms with van der Waals surface area (Å²) in [6.45, 7) is -1.18. The molecule has 0 aliphatic carbocycles. The largest absolute Gasteiger partial charge is 0.434 e. The van der Waals surface area contributed by atoms with Gasteiger partial charge in [0.15, 0.2) is 0 Å². The molecule has 1 unspecified atom stereocenters. The molecule has 1 fully saturated rings. The highest BCUT2D eigenvalue weighted by Crippen LogP contribution is 2.31. The van der Waals surface area contributed by atoms with Crippen molar-refractivity contribution in [3.8, 4) is 5.75 Å². The van der Waals surface area contributed by atoms with Gasteiger partial charge in [0.1, 0.15) is 5.75 Å². The number of benzene rings is 1. The number of aryl methyl sites for hydroxylation is 1. The lowest BCUT2D eigenvalue weighted by molar-refractivity contribution is -0.117. The number of nitrogens with zero attached hydrogens (tertiary/aromatic N) is 1. The molecule has 1 heterocycles. The quantitative estimate of drug-likeness (QED) is 0.877. The number of alkyl halides is 2. The van der Waals surface area contributed by atoms with Gasteiger partial charge in [0.05, 0.1) is 5.75 Å². The topological polar surface area (TPSA) is 89.7 Å². The van der Waals surface area contributed by atoms with Gasteiger partial charge < -0.3 is 9.64 Å². The van der Waals surface area contributed by atoms with E-state index in [1.807, 2.05) is 0 Å². The van der Waals surface area contributed by atoms with Crippen LogP contribution in [0.15, 0.2) is 18.2 Å². The van der Waals surface area contributed by atoms with Crippen molar-refractivity contribution in [1.82, 2.24) is 0 Å². The molecule has 2 rings (SSSR count). The van der Waals surface area contributed by atoms with Crippen LogP contribution in [0.1, 0.15) is 12.0 Å². The van der Waals surface area contributed by atoms with Crippen molar-refractivity contribution in [3.63, 3.8) is 0 Å². The fourth-order valence-electron chi connectivity index (χ4n) is 2.45. The summed E-state index contributed by atoms with van der Waals surface area (Å²) in [6, 6.07) is 4.51. The number of hydrogen-bond donors (Lipinski definition) is 1. The minimum atomic E-state index is -3.67. The number of carbonyl (C=O) groups is 1. The van der Waals surface area contributed by atoms with E-state index < -0.39 is 22.6 Å². The molecule has 0 aromatic heterocycles. The Bertz CT molecular complexity index is 679. The highest BCUT2D eigenvalue weighted by molar-refractivity contribution is 7.89. The molecule has 1 saturated heterocycles. The minimum Gasteiger partial charge on any atom is -0.434 e. The average molecular weight is 334 g/mol. The zero-order valence-corrected chi connectivity index (χ0v) is 12.6. The zero-order valence-electron chi connectivity index (χ0n) is 11.8. The second-order valence-electron chi connectivity index (χ2n) is 5.23. The standard InChI is InChI=1S/C13H16F2N2O4S/c1-8-2-3-10(5-11(8)21-13(14)15)17-6-9(4-12(17)18)7-22(16,19)20/h2-3,5,9,13H,4,6-7H2,1H3,(H2,16,19,20). The Morgan fingerprint density at radius 2 is 2.14 bits per heavy atom. The molecule has 9 heteroatoms. The molecule has 6 nitrogen and oxygen atoms in total. The number of carbonyl (C=O) groups excluding carboxylic acids is 1. The number of anilines is 1. The molecule has 1 aromatic carbocycles. The van der Waals surface area contributed by atoms with Crippen LogP contribution in [-0.2, 0) is 14.8 Å². The van der Waals surface area contributed by atoms with Crippen molar-refractivity contribution in [2.24, 2.45) is 11.1 Å². The van der Waals surface area contributed by atoms with E-state index in [2.05, 4.69) is 4.74 Å². The maximum atomic E-state index is 12.4. The second kappa shape index (κ2) is 6.17. The molecule has 22 heavy (non-hydrogen) atoms. The van der Waals surface area contributed by atoms with E-state index in [0.29, 0.717) is 11.3 Å². The number of hydrogen-bond acceptors (Lipinski definition) is 4. The van der Waals surface area contributed by atoms with Crippen LogP contribution in [0.3, 0.4) is 0 Å². The van der Waals surface area contributed by atoms with Crippen LogP contribution in [0.5, 0.6) is 5.75 Å². The van der Waals surface area contributed by atoms with E-state index in [1.165, 1.54) is 11.0 Å². The molecule has 1 aliphatic rings. The number of rotatable bonds is 5. The smallest absolute Gasteiger partial charge is 0.387 e. The third kappa shape index (κ3) is 4.14. The Hall–Kier alpha value is -1.74. The van der Waals surface area contributed by atoms with Gasteiger partial charge in [-0.15, -0.1) is 0 Å². The Morgan fingerprint density at radius 3 is 2.73 bits per heavy atom. The fraction of sp³-hybridized carbons (Fsp3) is 0.462. The van der Waals surface area contributed by atoms with Gasteiger partial charge in [-0.2, -0.15) is 8.78 Å². The predicted octanol–water partition coefficient (Wildman–Crippen LogP) is 1.24. The lowest BCUT2D eigenvalue weighted by Gasteiger charge is -2.18. The molecule has 1 aromatic rings. The summed E-state index contributed by atoms with van der Waals surface area (Å²) in [5, 5.41) is 4.98. The van der Waals surface area contributed by atoms with Gasteiger partial charge in [0.25, 0.3) is 0 Å². The molecule has 0 spiro atoms. The zero-order chi connectivity index (χ0) is 16.5. The molecule has 0 bridgehead atoms. The lowest BCUT2D eigenvalue weighted by atomic mass is 10.1. The van der Waals surface area contributed by atoms with Crippen LogP contribution >= 0.6 is 0 Å². The molecule has 1 aliphatic heterocycles. The summed E-state index contributed by atoms with van der Waals surface area (Å²) < 4.78 is 51.3. The number of sulfonamides is 1. The van der Waals surface area contributed by atoms with E-state index in [9.17, 15) is 22.0 Å². The Balaban J connectivity index is 2.19. The van der Waals surface area contributed by atoms with Crippen molar-refractivity contribution in [2.45, 2.75) is 20.0 Å². The van der Waals surface area contributed by atoms with Crippen LogP contribution in [0.2, 0.25) is 0 Å². The van der Waals surface area contributed by atoms with E-state index in [4.69, 9.17) is 5.14 Å². The second-order valence-corrected chi connectivity index (χ2v) is 6.89. The summed E-state index contributed by atoms with van der Waals surface area (Å²) in [4.78, 5) is 13.3. The first-order chi connectivity index (χ1) is 10.2. The van der Waals surface area contributed by atoms with Gasteiger partial charge in [-0.25, -0.2) is 13.6 Å². The van der Waals surface area contributed by atoms with Crippen LogP contribution in [0, 0.1) is 12.8 Å². The SMILES string of the molecule is Cc1ccc(N2CC(CS(N)(=O)=O)CC2=O)cc1OC(F)F. The third-order valence-electron chi connectivity index (χ3n) is 3.37. The number of primary sulfonamides is 1. The van der Waals surface area contributed by atoms with Gasteiger partial charge in [0.2, 0.25) is 15.9 Å². The Kier molecular flexibility index (Phi) is 4.66. The molecule has 0 radical (unpaired) electrons. The van der Waals surface area contributed by atoms with Crippen molar-refractivity contribution in [1.29, 1.82) is 0 Å². The normalized spacial score (nSPS) is 19.0. The highest BCUT2D eigenvalue weighted by Gasteiger charge is 2.33. The van der Waals surface area contributed by atoms with Gasteiger partial charge in [-0.05, 0) is 18.6 Å². The minimum absolute atomic E-state index is 0.0183. The number of ether oxygens (including phenoxy) is 1. The summed E-state index contributed by atoms with van der Waals surface area (Å²) in [5.41, 5.74) is 0.903. The molecule has 1 atom stereocenters. The van der Waals surface area contributed by atoms with Crippen LogP contribution in [0.25, 0.3) is 0 Å². The molecular weight excluding hydrogens is 318 g/mol. The van der Waals surface area contributed by atoms with E-state index >= 15 is 0 Å². The Morgan fingerprint density at radius 1 is 1.45 bits per heavy atom. The first-order valence-corrected chi connectivity index (χ1v) is 8.23. The molecule has 2 N–H and O–H groups in total. The van der Waals surface area contributed by atoms with Crippen molar-refractivity contribution >= 4 is 21.6 Å². The van der Waals surface area contributed by atoms with Crippen LogP contribution in [-0.4, -0.2) is 33.2 Å². The van der Waals surface area contributed by atoms with E-state index in [0.717, 1.165) is 0 Å². The first kappa shape index (κ1) is 16.6. The number of halogens is 2. The summed E-state index contributed by atoms with van der Waals surface area (Å²) in [6.07, 6.45) is 0.0509. The molecular formula is C13H16F2N2O4S. The van der Waals surface area contributed by atoms with E-state index in [1.54, 1.807) is 19.1 Å². The first-order valence-electron chi connectivity index (χ1n) is 6.52. The molecule has 122 valence electrons. The summed E-state index contributed by atoms with van der Waals surface area (Å²) in [5.74, 6) is -0.999. The average Bonchev–Trinajstić information content (AvgIpc) is 2.70.